The van der Waals surface area contributed by atoms with Crippen molar-refractivity contribution in [2.75, 3.05) is 5.73 Å². The van der Waals surface area contributed by atoms with E-state index in [2.05, 4.69) is 26.0 Å². The first-order chi connectivity index (χ1) is 5.00. The molecular weight excluding hydrogens is 250 g/mol. The molecule has 0 aliphatic heterocycles. The first-order valence-corrected chi connectivity index (χ1v) is 4.86. The monoisotopic (exact) mass is 265 g/mol. The minimum atomic E-state index is 0.280. The second kappa shape index (κ2) is 3.05. The number of hydrogen-bond acceptors (Lipinski definition) is 1. The molecule has 0 saturated carbocycles. The summed E-state index contributed by atoms with van der Waals surface area (Å²) in [5.41, 5.74) is 7.76. The average Bonchev–Trinajstić information content (AvgIpc) is 1.86. The summed E-state index contributed by atoms with van der Waals surface area (Å²) < 4.78 is 0.280. The van der Waals surface area contributed by atoms with E-state index in [4.69, 9.17) is 5.73 Å². The zero-order chi connectivity index (χ0) is 8.48. The summed E-state index contributed by atoms with van der Waals surface area (Å²) in [7, 11) is 0. The molecule has 0 aromatic heterocycles. The summed E-state index contributed by atoms with van der Waals surface area (Å²) in [6.07, 6.45) is 0. The van der Waals surface area contributed by atoms with Gasteiger partial charge in [-0.3, -0.25) is 0 Å². The van der Waals surface area contributed by atoms with Crippen LogP contribution in [0.5, 0.6) is 0 Å². The van der Waals surface area contributed by atoms with Gasteiger partial charge in [0.1, 0.15) is 0 Å². The normalized spacial score (nSPS) is 11.5. The summed E-state index contributed by atoms with van der Waals surface area (Å²) in [5.74, 6) is 0. The fourth-order valence-corrected chi connectivity index (χ4v) is 1.32. The molecule has 1 nitrogen and oxygen atoms in total. The molecule has 11 heavy (non-hydrogen) atoms. The maximum absolute atomic E-state index is 5.57. The summed E-state index contributed by atoms with van der Waals surface area (Å²) in [6, 6.07) is 8.09. The SMILES string of the molecule is CC(C)([TeH])c1ccc(N)cc1. The Kier molecular flexibility index (Phi) is 2.47. The Morgan fingerprint density at radius 3 is 2.00 bits per heavy atom. The maximum atomic E-state index is 5.57. The molecule has 0 fully saturated rings. The van der Waals surface area contributed by atoms with E-state index in [1.165, 1.54) is 5.56 Å². The summed E-state index contributed by atoms with van der Waals surface area (Å²) >= 11 is 1.83. The van der Waals surface area contributed by atoms with Crippen molar-refractivity contribution in [3.8, 4) is 0 Å². The molecule has 0 heterocycles. The average molecular weight is 263 g/mol. The molecule has 60 valence electrons. The van der Waals surface area contributed by atoms with Crippen molar-refractivity contribution in [3.05, 3.63) is 29.8 Å². The molecule has 0 spiro atoms. The van der Waals surface area contributed by atoms with Crippen LogP contribution >= 0.6 is 0 Å². The second-order valence-corrected chi connectivity index (χ2v) is 6.37. The van der Waals surface area contributed by atoms with Gasteiger partial charge >= 0.3 is 80.9 Å². The number of hydrogen-bond donors (Lipinski definition) is 1. The fraction of sp³-hybridized carbons (Fsp3) is 0.333. The second-order valence-electron chi connectivity index (χ2n) is 3.18. The third-order valence-corrected chi connectivity index (χ3v) is 2.35. The van der Waals surface area contributed by atoms with Gasteiger partial charge in [0.2, 0.25) is 0 Å². The quantitative estimate of drug-likeness (QED) is 0.601. The van der Waals surface area contributed by atoms with Crippen molar-refractivity contribution >= 4 is 28.0 Å². The molecule has 0 aliphatic carbocycles. The molecule has 0 bridgehead atoms. The van der Waals surface area contributed by atoms with Crippen molar-refractivity contribution in [1.82, 2.24) is 0 Å². The van der Waals surface area contributed by atoms with E-state index in [1.807, 2.05) is 34.4 Å². The van der Waals surface area contributed by atoms with E-state index in [0.717, 1.165) is 5.69 Å². The van der Waals surface area contributed by atoms with Gasteiger partial charge in [0, 0.05) is 0 Å². The van der Waals surface area contributed by atoms with Crippen LogP contribution in [0.2, 0.25) is 0 Å². The Bertz CT molecular complexity index is 233. The van der Waals surface area contributed by atoms with Crippen molar-refractivity contribution < 1.29 is 0 Å². The molecule has 0 radical (unpaired) electrons. The topological polar surface area (TPSA) is 26.0 Å². The van der Waals surface area contributed by atoms with Gasteiger partial charge in [-0.2, -0.15) is 0 Å². The van der Waals surface area contributed by atoms with E-state index in [9.17, 15) is 0 Å². The molecule has 1 rings (SSSR count). The van der Waals surface area contributed by atoms with Crippen molar-refractivity contribution in [2.24, 2.45) is 0 Å². The predicted octanol–water partition coefficient (Wildman–Crippen LogP) is 1.40. The Morgan fingerprint density at radius 1 is 1.18 bits per heavy atom. The van der Waals surface area contributed by atoms with Gasteiger partial charge in [-0.15, -0.1) is 0 Å². The third-order valence-electron chi connectivity index (χ3n) is 1.62. The van der Waals surface area contributed by atoms with Crippen molar-refractivity contribution in [1.29, 1.82) is 0 Å². The molecule has 1 aromatic rings. The van der Waals surface area contributed by atoms with Crippen LogP contribution in [0, 0.1) is 0 Å². The van der Waals surface area contributed by atoms with Crippen molar-refractivity contribution in [2.45, 2.75) is 17.3 Å². The Morgan fingerprint density at radius 2 is 1.64 bits per heavy atom. The molecule has 0 saturated heterocycles. The first-order valence-electron chi connectivity index (χ1n) is 3.58. The van der Waals surface area contributed by atoms with Gasteiger partial charge in [0.15, 0.2) is 0 Å². The Labute approximate surface area is 80.9 Å². The number of rotatable bonds is 1. The number of nitrogen functional groups attached to an aromatic ring is 1. The van der Waals surface area contributed by atoms with E-state index in [-0.39, 0.29) is 3.46 Å². The van der Waals surface area contributed by atoms with Gasteiger partial charge in [-0.1, -0.05) is 0 Å². The van der Waals surface area contributed by atoms with Gasteiger partial charge < -0.3 is 0 Å². The first kappa shape index (κ1) is 8.90. The van der Waals surface area contributed by atoms with Crippen LogP contribution in [0.1, 0.15) is 19.4 Å². The van der Waals surface area contributed by atoms with E-state index in [0.29, 0.717) is 0 Å². The van der Waals surface area contributed by atoms with Crippen LogP contribution in [0.3, 0.4) is 0 Å². The fourth-order valence-electron chi connectivity index (χ4n) is 0.891. The molecule has 2 N–H and O–H groups in total. The van der Waals surface area contributed by atoms with Crippen LogP contribution in [-0.4, -0.2) is 22.3 Å². The number of benzene rings is 1. The molecule has 2 heteroatoms. The van der Waals surface area contributed by atoms with Crippen LogP contribution in [-0.2, 0) is 3.46 Å². The Balaban J connectivity index is 2.99. The number of nitrogens with two attached hydrogens (primary N) is 1. The molecule has 1 aromatic carbocycles. The summed E-state index contributed by atoms with van der Waals surface area (Å²) in [6.45, 7) is 4.43. The molecular formula is C9H13NTe. The van der Waals surface area contributed by atoms with Gasteiger partial charge in [-0.25, -0.2) is 0 Å². The van der Waals surface area contributed by atoms with Crippen LogP contribution < -0.4 is 5.73 Å². The molecule has 0 amide bonds. The standard InChI is InChI=1S/C9H13NTe/c1-9(2,11)7-3-5-8(10)6-4-7/h3-6,11H,10H2,1-2H3. The van der Waals surface area contributed by atoms with Gasteiger partial charge in [0.25, 0.3) is 0 Å². The number of anilines is 1. The van der Waals surface area contributed by atoms with E-state index >= 15 is 0 Å². The van der Waals surface area contributed by atoms with Crippen LogP contribution in [0.15, 0.2) is 24.3 Å². The summed E-state index contributed by atoms with van der Waals surface area (Å²) in [5, 5.41) is 0. The van der Waals surface area contributed by atoms with E-state index in [1.54, 1.807) is 0 Å². The Hall–Kier alpha value is -0.190. The zero-order valence-corrected chi connectivity index (χ0v) is 9.39. The van der Waals surface area contributed by atoms with Crippen LogP contribution in [0.4, 0.5) is 5.69 Å². The summed E-state index contributed by atoms with van der Waals surface area (Å²) in [4.78, 5) is 0. The van der Waals surface area contributed by atoms with Gasteiger partial charge in [0.05, 0.1) is 0 Å². The van der Waals surface area contributed by atoms with Crippen molar-refractivity contribution in [3.63, 3.8) is 0 Å². The van der Waals surface area contributed by atoms with Crippen LogP contribution in [0.25, 0.3) is 0 Å². The molecule has 0 aliphatic rings. The van der Waals surface area contributed by atoms with Gasteiger partial charge in [-0.05, 0) is 0 Å². The zero-order valence-electron chi connectivity index (χ0n) is 6.83. The minimum absolute atomic E-state index is 0.280. The third kappa shape index (κ3) is 2.39. The predicted molar refractivity (Wildman–Crippen MR) is 51.0 cm³/mol. The molecule has 0 atom stereocenters. The molecule has 0 unspecified atom stereocenters. The van der Waals surface area contributed by atoms with E-state index < -0.39 is 0 Å².